The van der Waals surface area contributed by atoms with Crippen LogP contribution in [0.5, 0.6) is 0 Å². The zero-order chi connectivity index (χ0) is 5.98. The fourth-order valence-corrected chi connectivity index (χ4v) is 1.94. The van der Waals surface area contributed by atoms with Crippen molar-refractivity contribution in [3.63, 3.8) is 0 Å². The van der Waals surface area contributed by atoms with E-state index in [0.717, 1.165) is 6.04 Å². The van der Waals surface area contributed by atoms with E-state index in [2.05, 4.69) is 11.6 Å². The lowest BCUT2D eigenvalue weighted by atomic mass is 10.3. The van der Waals surface area contributed by atoms with Gasteiger partial charge in [0.25, 0.3) is 0 Å². The Morgan fingerprint density at radius 2 is 1.88 bits per heavy atom. The summed E-state index contributed by atoms with van der Waals surface area (Å²) in [7, 11) is 3.48. The smallest absolute Gasteiger partial charge is 0.0784 e. The van der Waals surface area contributed by atoms with E-state index in [-0.39, 0.29) is 0 Å². The second-order valence-electron chi connectivity index (χ2n) is 2.90. The molecule has 0 aromatic heterocycles. The lowest BCUT2D eigenvalue weighted by molar-refractivity contribution is 0.401. The fraction of sp³-hybridized carbons (Fsp3) is 1.00. The van der Waals surface area contributed by atoms with Crippen molar-refractivity contribution in [1.29, 1.82) is 0 Å². The monoisotopic (exact) mass is 129 g/mol. The first kappa shape index (κ1) is 6.30. The van der Waals surface area contributed by atoms with E-state index >= 15 is 0 Å². The van der Waals surface area contributed by atoms with Crippen LogP contribution in [-0.2, 0) is 0 Å². The minimum atomic E-state index is 0.960. The predicted octanol–water partition coefficient (Wildman–Crippen LogP) is 0.141. The van der Waals surface area contributed by atoms with Crippen molar-refractivity contribution >= 4 is 10.4 Å². The van der Waals surface area contributed by atoms with Gasteiger partial charge in [-0.15, -0.1) is 0 Å². The summed E-state index contributed by atoms with van der Waals surface area (Å²) in [6.07, 6.45) is 5.86. The molecule has 0 aromatic carbocycles. The highest BCUT2D eigenvalue weighted by molar-refractivity contribution is 6.04. The number of hydrogen-bond acceptors (Lipinski definition) is 1. The van der Waals surface area contributed by atoms with Crippen molar-refractivity contribution in [1.82, 2.24) is 4.57 Å². The van der Waals surface area contributed by atoms with E-state index in [0.29, 0.717) is 0 Å². The standard InChI is InChI=1S/C6H15NSi/c1-7(8)6-4-2-3-5-6/h6H,2-5H2,1,8H3. The van der Waals surface area contributed by atoms with E-state index in [9.17, 15) is 0 Å². The summed E-state index contributed by atoms with van der Waals surface area (Å²) in [5, 5.41) is 0. The molecule has 1 saturated carbocycles. The van der Waals surface area contributed by atoms with Crippen molar-refractivity contribution in [2.75, 3.05) is 7.05 Å². The quantitative estimate of drug-likeness (QED) is 0.455. The highest BCUT2D eigenvalue weighted by atomic mass is 28.2. The van der Waals surface area contributed by atoms with Gasteiger partial charge in [0, 0.05) is 6.04 Å². The Morgan fingerprint density at radius 1 is 1.38 bits per heavy atom. The van der Waals surface area contributed by atoms with Crippen molar-refractivity contribution < 1.29 is 0 Å². The Bertz CT molecular complexity index is 66.9. The molecule has 1 aliphatic rings. The molecular weight excluding hydrogens is 114 g/mol. The Labute approximate surface area is 54.6 Å². The topological polar surface area (TPSA) is 3.24 Å². The SMILES string of the molecule is CN([SiH3])C1CCCC1. The Balaban J connectivity index is 2.24. The molecular formula is C6H15NSi. The van der Waals surface area contributed by atoms with Crippen LogP contribution in [0.1, 0.15) is 25.7 Å². The Hall–Kier alpha value is 0.177. The largest absolute Gasteiger partial charge is 0.332 e. The zero-order valence-corrected chi connectivity index (χ0v) is 7.85. The van der Waals surface area contributed by atoms with Gasteiger partial charge in [0.05, 0.1) is 10.4 Å². The summed E-state index contributed by atoms with van der Waals surface area (Å²) in [4.78, 5) is 0. The molecule has 0 N–H and O–H groups in total. The van der Waals surface area contributed by atoms with Crippen LogP contribution < -0.4 is 0 Å². The third-order valence-electron chi connectivity index (χ3n) is 2.05. The van der Waals surface area contributed by atoms with Crippen LogP contribution in [0.3, 0.4) is 0 Å². The summed E-state index contributed by atoms with van der Waals surface area (Å²) in [6, 6.07) is 0.960. The van der Waals surface area contributed by atoms with E-state index in [4.69, 9.17) is 0 Å². The van der Waals surface area contributed by atoms with Crippen LogP contribution in [0.2, 0.25) is 0 Å². The minimum Gasteiger partial charge on any atom is -0.332 e. The predicted molar refractivity (Wildman–Crippen MR) is 40.0 cm³/mol. The van der Waals surface area contributed by atoms with Crippen molar-refractivity contribution in [3.8, 4) is 0 Å². The van der Waals surface area contributed by atoms with Crippen LogP contribution in [-0.4, -0.2) is 28.1 Å². The molecule has 0 bridgehead atoms. The fourth-order valence-electron chi connectivity index (χ4n) is 1.42. The van der Waals surface area contributed by atoms with Crippen LogP contribution in [0.4, 0.5) is 0 Å². The zero-order valence-electron chi connectivity index (χ0n) is 5.85. The van der Waals surface area contributed by atoms with Crippen LogP contribution in [0, 0.1) is 0 Å². The van der Waals surface area contributed by atoms with E-state index < -0.39 is 0 Å². The van der Waals surface area contributed by atoms with Crippen molar-refractivity contribution in [2.24, 2.45) is 0 Å². The van der Waals surface area contributed by atoms with Gasteiger partial charge in [0.2, 0.25) is 0 Å². The van der Waals surface area contributed by atoms with Crippen LogP contribution in [0.15, 0.2) is 0 Å². The molecule has 0 unspecified atom stereocenters. The van der Waals surface area contributed by atoms with Crippen LogP contribution in [0.25, 0.3) is 0 Å². The molecule has 1 nitrogen and oxygen atoms in total. The third kappa shape index (κ3) is 1.33. The molecule has 48 valence electrons. The molecule has 1 rings (SSSR count). The average Bonchev–Trinajstić information content (AvgIpc) is 2.12. The lowest BCUT2D eigenvalue weighted by Crippen LogP contribution is -2.25. The van der Waals surface area contributed by atoms with Gasteiger partial charge in [-0.2, -0.15) is 0 Å². The van der Waals surface area contributed by atoms with Gasteiger partial charge in [-0.05, 0) is 19.9 Å². The minimum absolute atomic E-state index is 0.960. The van der Waals surface area contributed by atoms with Gasteiger partial charge in [-0.1, -0.05) is 12.8 Å². The molecule has 0 heterocycles. The summed E-state index contributed by atoms with van der Waals surface area (Å²) in [6.45, 7) is 0. The Kier molecular flexibility index (Phi) is 2.08. The molecule has 0 saturated heterocycles. The molecule has 1 aliphatic carbocycles. The second-order valence-corrected chi connectivity index (χ2v) is 4.31. The third-order valence-corrected chi connectivity index (χ3v) is 2.79. The maximum atomic E-state index is 2.48. The molecule has 0 atom stereocenters. The first-order valence-electron chi connectivity index (χ1n) is 3.47. The normalized spacial score (nSPS) is 23.2. The van der Waals surface area contributed by atoms with Gasteiger partial charge < -0.3 is 4.57 Å². The highest BCUT2D eigenvalue weighted by Gasteiger charge is 2.15. The molecule has 0 aliphatic heterocycles. The summed E-state index contributed by atoms with van der Waals surface area (Å²) in [5.74, 6) is 0. The maximum absolute atomic E-state index is 2.48. The van der Waals surface area contributed by atoms with Crippen molar-refractivity contribution in [3.05, 3.63) is 0 Å². The first-order chi connectivity index (χ1) is 3.80. The Morgan fingerprint density at radius 3 is 2.12 bits per heavy atom. The van der Waals surface area contributed by atoms with Gasteiger partial charge >= 0.3 is 0 Å². The summed E-state index contributed by atoms with van der Waals surface area (Å²) < 4.78 is 2.48. The van der Waals surface area contributed by atoms with E-state index in [1.807, 2.05) is 0 Å². The number of nitrogens with zero attached hydrogens (tertiary/aromatic N) is 1. The summed E-state index contributed by atoms with van der Waals surface area (Å²) in [5.41, 5.74) is 0. The molecule has 8 heavy (non-hydrogen) atoms. The van der Waals surface area contributed by atoms with Gasteiger partial charge in [-0.25, -0.2) is 0 Å². The second kappa shape index (κ2) is 2.64. The molecule has 0 spiro atoms. The maximum Gasteiger partial charge on any atom is 0.0784 e. The molecule has 0 aromatic rings. The van der Waals surface area contributed by atoms with Gasteiger partial charge in [0.15, 0.2) is 0 Å². The lowest BCUT2D eigenvalue weighted by Gasteiger charge is -2.17. The number of rotatable bonds is 1. The first-order valence-corrected chi connectivity index (χ1v) is 4.36. The number of hydrogen-bond donors (Lipinski definition) is 0. The molecule has 2 heteroatoms. The van der Waals surface area contributed by atoms with Crippen LogP contribution >= 0.6 is 0 Å². The average molecular weight is 129 g/mol. The van der Waals surface area contributed by atoms with Gasteiger partial charge in [0.1, 0.15) is 0 Å². The molecule has 0 amide bonds. The molecule has 1 fully saturated rings. The van der Waals surface area contributed by atoms with E-state index in [1.54, 1.807) is 0 Å². The molecule has 0 radical (unpaired) electrons. The highest BCUT2D eigenvalue weighted by Crippen LogP contribution is 2.20. The van der Waals surface area contributed by atoms with Gasteiger partial charge in [-0.3, -0.25) is 0 Å². The summed E-state index contributed by atoms with van der Waals surface area (Å²) >= 11 is 0. The van der Waals surface area contributed by atoms with E-state index in [1.165, 1.54) is 36.1 Å². The van der Waals surface area contributed by atoms with Crippen molar-refractivity contribution in [2.45, 2.75) is 31.7 Å².